The normalized spacial score (nSPS) is 11.3. The van der Waals surface area contributed by atoms with Crippen molar-refractivity contribution in [2.45, 2.75) is 20.4 Å². The Bertz CT molecular complexity index is 714. The lowest BCUT2D eigenvalue weighted by molar-refractivity contribution is 0.835. The van der Waals surface area contributed by atoms with Crippen LogP contribution in [0.3, 0.4) is 0 Å². The van der Waals surface area contributed by atoms with Crippen LogP contribution in [0.25, 0.3) is 11.0 Å². The molecule has 0 aliphatic heterocycles. The van der Waals surface area contributed by atoms with E-state index in [2.05, 4.69) is 40.5 Å². The van der Waals surface area contributed by atoms with Gasteiger partial charge in [-0.15, -0.1) is 11.3 Å². The van der Waals surface area contributed by atoms with E-state index in [0.717, 1.165) is 22.5 Å². The summed E-state index contributed by atoms with van der Waals surface area (Å²) in [5.74, 6) is 0. The lowest BCUT2D eigenvalue weighted by Gasteiger charge is -2.04. The highest BCUT2D eigenvalue weighted by atomic mass is 35.5. The maximum atomic E-state index is 5.85. The monoisotopic (exact) mass is 277 g/mol. The molecule has 0 saturated carbocycles. The van der Waals surface area contributed by atoms with Crippen molar-refractivity contribution >= 4 is 34.0 Å². The molecule has 0 radical (unpaired) electrons. The Morgan fingerprint density at radius 1 is 1.22 bits per heavy atom. The van der Waals surface area contributed by atoms with Crippen molar-refractivity contribution in [3.8, 4) is 0 Å². The minimum absolute atomic E-state index is 0.585. The first-order chi connectivity index (χ1) is 8.63. The number of thiazole rings is 1. The third-order valence-electron chi connectivity index (χ3n) is 3.09. The topological polar surface area (TPSA) is 30.7 Å². The van der Waals surface area contributed by atoms with Gasteiger partial charge in [0, 0.05) is 11.1 Å². The van der Waals surface area contributed by atoms with Crippen LogP contribution in [0.15, 0.2) is 24.7 Å². The molecule has 0 N–H and O–H groups in total. The smallest absolute Gasteiger partial charge is 0.183 e. The van der Waals surface area contributed by atoms with E-state index in [1.807, 2.05) is 12.5 Å². The minimum atomic E-state index is 0.585. The molecule has 0 aliphatic rings. The summed E-state index contributed by atoms with van der Waals surface area (Å²) in [5.41, 5.74) is 4.75. The number of aryl methyl sites for hydroxylation is 2. The predicted octanol–water partition coefficient (Wildman–Crippen LogP) is 3.81. The van der Waals surface area contributed by atoms with Crippen molar-refractivity contribution in [2.24, 2.45) is 0 Å². The number of fused-ring (bicyclic) bond motifs is 1. The van der Waals surface area contributed by atoms with Crippen molar-refractivity contribution in [3.05, 3.63) is 45.1 Å². The maximum absolute atomic E-state index is 5.85. The number of hydrogen-bond acceptors (Lipinski definition) is 3. The van der Waals surface area contributed by atoms with E-state index in [1.165, 1.54) is 22.5 Å². The standard InChI is InChI=1S/C13H12ClN3S/c1-8-3-11-12(4-9(8)2)17(7-16-11)6-10-5-15-13(14)18-10/h3-5,7H,6H2,1-2H3. The number of imidazole rings is 1. The molecule has 3 rings (SSSR count). The molecule has 0 fully saturated rings. The van der Waals surface area contributed by atoms with Gasteiger partial charge in [0.05, 0.1) is 23.9 Å². The summed E-state index contributed by atoms with van der Waals surface area (Å²) in [4.78, 5) is 9.63. The lowest BCUT2D eigenvalue weighted by atomic mass is 10.1. The third-order valence-corrected chi connectivity index (χ3v) is 4.19. The number of aromatic nitrogens is 3. The van der Waals surface area contributed by atoms with Gasteiger partial charge in [0.2, 0.25) is 0 Å². The van der Waals surface area contributed by atoms with Crippen LogP contribution in [0, 0.1) is 13.8 Å². The molecule has 1 aromatic carbocycles. The SMILES string of the molecule is Cc1cc2ncn(Cc3cnc(Cl)s3)c2cc1C. The Hall–Kier alpha value is -1.39. The first-order valence-electron chi connectivity index (χ1n) is 5.66. The largest absolute Gasteiger partial charge is 0.325 e. The summed E-state index contributed by atoms with van der Waals surface area (Å²) in [6.45, 7) is 5.00. The van der Waals surface area contributed by atoms with Crippen molar-refractivity contribution < 1.29 is 0 Å². The molecule has 2 heterocycles. The molecule has 0 bridgehead atoms. The molecule has 2 aromatic heterocycles. The number of halogens is 1. The van der Waals surface area contributed by atoms with E-state index in [-0.39, 0.29) is 0 Å². The van der Waals surface area contributed by atoms with Gasteiger partial charge in [-0.3, -0.25) is 0 Å². The van der Waals surface area contributed by atoms with Crippen LogP contribution in [0.1, 0.15) is 16.0 Å². The summed E-state index contributed by atoms with van der Waals surface area (Å²) in [6, 6.07) is 4.31. The fraction of sp³-hybridized carbons (Fsp3) is 0.231. The fourth-order valence-corrected chi connectivity index (χ4v) is 2.94. The molecular formula is C13H12ClN3S. The second-order valence-corrected chi connectivity index (χ2v) is 6.07. The predicted molar refractivity (Wildman–Crippen MR) is 75.4 cm³/mol. The zero-order valence-corrected chi connectivity index (χ0v) is 11.7. The average Bonchev–Trinajstić information content (AvgIpc) is 2.89. The second kappa shape index (κ2) is 4.37. The van der Waals surface area contributed by atoms with E-state index in [0.29, 0.717) is 4.47 Å². The summed E-state index contributed by atoms with van der Waals surface area (Å²) in [6.07, 6.45) is 3.69. The zero-order valence-electron chi connectivity index (χ0n) is 10.1. The first kappa shape index (κ1) is 11.7. The van der Waals surface area contributed by atoms with Crippen LogP contribution in [0.4, 0.5) is 0 Å². The number of nitrogens with zero attached hydrogens (tertiary/aromatic N) is 3. The van der Waals surface area contributed by atoms with Crippen LogP contribution in [-0.4, -0.2) is 14.5 Å². The van der Waals surface area contributed by atoms with Gasteiger partial charge in [0.15, 0.2) is 4.47 Å². The van der Waals surface area contributed by atoms with E-state index in [1.54, 1.807) is 0 Å². The van der Waals surface area contributed by atoms with Crippen LogP contribution in [0.2, 0.25) is 4.47 Å². The van der Waals surface area contributed by atoms with Gasteiger partial charge in [0.1, 0.15) is 0 Å². The van der Waals surface area contributed by atoms with Gasteiger partial charge in [-0.25, -0.2) is 9.97 Å². The molecule has 3 aromatic rings. The minimum Gasteiger partial charge on any atom is -0.325 e. The average molecular weight is 278 g/mol. The van der Waals surface area contributed by atoms with Gasteiger partial charge < -0.3 is 4.57 Å². The highest BCUT2D eigenvalue weighted by Crippen LogP contribution is 2.22. The highest BCUT2D eigenvalue weighted by molar-refractivity contribution is 7.15. The third kappa shape index (κ3) is 2.02. The Kier molecular flexibility index (Phi) is 2.84. The van der Waals surface area contributed by atoms with Gasteiger partial charge in [-0.1, -0.05) is 11.6 Å². The lowest BCUT2D eigenvalue weighted by Crippen LogP contribution is -1.96. The molecule has 0 unspecified atom stereocenters. The van der Waals surface area contributed by atoms with Crippen molar-refractivity contribution in [3.63, 3.8) is 0 Å². The van der Waals surface area contributed by atoms with E-state index < -0.39 is 0 Å². The summed E-state index contributed by atoms with van der Waals surface area (Å²) >= 11 is 7.35. The molecule has 0 aliphatic carbocycles. The molecule has 92 valence electrons. The molecule has 0 spiro atoms. The highest BCUT2D eigenvalue weighted by Gasteiger charge is 2.07. The summed E-state index contributed by atoms with van der Waals surface area (Å²) in [7, 11) is 0. The van der Waals surface area contributed by atoms with Gasteiger partial charge in [0.25, 0.3) is 0 Å². The quantitative estimate of drug-likeness (QED) is 0.713. The van der Waals surface area contributed by atoms with Gasteiger partial charge >= 0.3 is 0 Å². The van der Waals surface area contributed by atoms with Gasteiger partial charge in [-0.2, -0.15) is 0 Å². The van der Waals surface area contributed by atoms with Gasteiger partial charge in [-0.05, 0) is 37.1 Å². The Balaban J connectivity index is 2.04. The van der Waals surface area contributed by atoms with E-state index >= 15 is 0 Å². The van der Waals surface area contributed by atoms with Crippen LogP contribution < -0.4 is 0 Å². The Morgan fingerprint density at radius 2 is 2.00 bits per heavy atom. The van der Waals surface area contributed by atoms with Crippen LogP contribution >= 0.6 is 22.9 Å². The Morgan fingerprint density at radius 3 is 2.72 bits per heavy atom. The summed E-state index contributed by atoms with van der Waals surface area (Å²) < 4.78 is 2.72. The summed E-state index contributed by atoms with van der Waals surface area (Å²) in [5, 5.41) is 0. The van der Waals surface area contributed by atoms with Crippen molar-refractivity contribution in [1.82, 2.24) is 14.5 Å². The van der Waals surface area contributed by atoms with Crippen LogP contribution in [-0.2, 0) is 6.54 Å². The second-order valence-electron chi connectivity index (χ2n) is 4.38. The molecule has 3 nitrogen and oxygen atoms in total. The fourth-order valence-electron chi connectivity index (χ4n) is 1.96. The van der Waals surface area contributed by atoms with Crippen molar-refractivity contribution in [2.75, 3.05) is 0 Å². The number of benzene rings is 1. The molecule has 18 heavy (non-hydrogen) atoms. The van der Waals surface area contributed by atoms with Crippen LogP contribution in [0.5, 0.6) is 0 Å². The molecule has 0 amide bonds. The van der Waals surface area contributed by atoms with E-state index in [9.17, 15) is 0 Å². The molecular weight excluding hydrogens is 266 g/mol. The first-order valence-corrected chi connectivity index (χ1v) is 6.85. The molecule has 5 heteroatoms. The van der Waals surface area contributed by atoms with Crippen molar-refractivity contribution in [1.29, 1.82) is 0 Å². The van der Waals surface area contributed by atoms with E-state index in [4.69, 9.17) is 11.6 Å². The number of hydrogen-bond donors (Lipinski definition) is 0. The molecule has 0 saturated heterocycles. The zero-order chi connectivity index (χ0) is 12.7. The molecule has 0 atom stereocenters. The Labute approximate surface area is 114 Å². The number of rotatable bonds is 2. The maximum Gasteiger partial charge on any atom is 0.183 e.